The largest absolute Gasteiger partial charge is 0.360 e. The minimum Gasteiger partial charge on any atom is -0.360 e. The van der Waals surface area contributed by atoms with Crippen LogP contribution in [0.3, 0.4) is 0 Å². The van der Waals surface area contributed by atoms with Gasteiger partial charge in [0, 0.05) is 34.4 Å². The molecule has 0 radical (unpaired) electrons. The van der Waals surface area contributed by atoms with Crippen LogP contribution in [-0.4, -0.2) is 30.9 Å². The van der Waals surface area contributed by atoms with Crippen LogP contribution < -0.4 is 5.32 Å². The van der Waals surface area contributed by atoms with Crippen molar-refractivity contribution < 1.29 is 4.79 Å². The van der Waals surface area contributed by atoms with E-state index in [4.69, 9.17) is 0 Å². The molecule has 4 aromatic rings. The molecule has 2 heterocycles. The SMILES string of the molecule is CC(Sc1nnc(-c2c[nH]c3ccccc23)n1C1CC1)C(=O)Nc1ccccc1C(C)C. The molecule has 1 atom stereocenters. The van der Waals surface area contributed by atoms with Crippen LogP contribution in [0.15, 0.2) is 59.9 Å². The Morgan fingerprint density at radius 1 is 1.09 bits per heavy atom. The first kappa shape index (κ1) is 20.8. The first-order valence-electron chi connectivity index (χ1n) is 11.1. The van der Waals surface area contributed by atoms with Crippen LogP contribution in [0.25, 0.3) is 22.3 Å². The third-order valence-electron chi connectivity index (χ3n) is 5.90. The van der Waals surface area contributed by atoms with Crippen molar-refractivity contribution in [1.29, 1.82) is 0 Å². The van der Waals surface area contributed by atoms with Gasteiger partial charge in [-0.05, 0) is 43.4 Å². The second-order valence-corrected chi connectivity index (χ2v) is 9.95. The number of rotatable bonds is 7. The number of nitrogens with zero attached hydrogens (tertiary/aromatic N) is 3. The van der Waals surface area contributed by atoms with Gasteiger partial charge < -0.3 is 10.3 Å². The van der Waals surface area contributed by atoms with Gasteiger partial charge in [0.05, 0.1) is 5.25 Å². The highest BCUT2D eigenvalue weighted by molar-refractivity contribution is 8.00. The van der Waals surface area contributed by atoms with Gasteiger partial charge in [0.1, 0.15) is 0 Å². The number of hydrogen-bond donors (Lipinski definition) is 2. The van der Waals surface area contributed by atoms with Gasteiger partial charge >= 0.3 is 0 Å². The minimum atomic E-state index is -0.298. The maximum Gasteiger partial charge on any atom is 0.237 e. The Kier molecular flexibility index (Phi) is 5.51. The zero-order valence-electron chi connectivity index (χ0n) is 18.5. The molecule has 7 heteroatoms. The van der Waals surface area contributed by atoms with Crippen molar-refractivity contribution in [3.05, 3.63) is 60.3 Å². The third kappa shape index (κ3) is 3.93. The Balaban J connectivity index is 1.40. The lowest BCUT2D eigenvalue weighted by atomic mass is 10.0. The Hall–Kier alpha value is -3.06. The number of H-pyrrole nitrogens is 1. The van der Waals surface area contributed by atoms with Crippen LogP contribution >= 0.6 is 11.8 Å². The van der Waals surface area contributed by atoms with Gasteiger partial charge in [-0.1, -0.05) is 62.0 Å². The summed E-state index contributed by atoms with van der Waals surface area (Å²) in [5.41, 5.74) is 4.15. The molecule has 1 aliphatic rings. The zero-order chi connectivity index (χ0) is 22.2. The molecule has 5 rings (SSSR count). The van der Waals surface area contributed by atoms with E-state index in [1.54, 1.807) is 0 Å². The normalized spacial score (nSPS) is 14.8. The minimum absolute atomic E-state index is 0.0258. The average Bonchev–Trinajstić information content (AvgIpc) is 3.41. The van der Waals surface area contributed by atoms with E-state index in [0.717, 1.165) is 51.5 Å². The highest BCUT2D eigenvalue weighted by Crippen LogP contribution is 2.43. The van der Waals surface area contributed by atoms with Crippen molar-refractivity contribution in [3.63, 3.8) is 0 Å². The molecule has 1 unspecified atom stereocenters. The van der Waals surface area contributed by atoms with Crippen molar-refractivity contribution >= 4 is 34.3 Å². The van der Waals surface area contributed by atoms with Crippen LogP contribution in [-0.2, 0) is 4.79 Å². The lowest BCUT2D eigenvalue weighted by molar-refractivity contribution is -0.115. The van der Waals surface area contributed by atoms with Crippen LogP contribution in [0.2, 0.25) is 0 Å². The highest BCUT2D eigenvalue weighted by Gasteiger charge is 2.32. The molecule has 0 bridgehead atoms. The Morgan fingerprint density at radius 3 is 2.62 bits per heavy atom. The number of aromatic nitrogens is 4. The standard InChI is InChI=1S/C25H27N5OS/c1-15(2)18-8-4-7-11-22(18)27-24(31)16(3)32-25-29-28-23(30(25)17-12-13-17)20-14-26-21-10-6-5-9-19(20)21/h4-11,14-17,26H,12-13H2,1-3H3,(H,27,31). The van der Waals surface area contributed by atoms with E-state index in [1.165, 1.54) is 11.8 Å². The first-order chi connectivity index (χ1) is 15.5. The van der Waals surface area contributed by atoms with E-state index >= 15 is 0 Å². The van der Waals surface area contributed by atoms with Gasteiger partial charge in [0.15, 0.2) is 11.0 Å². The predicted octanol–water partition coefficient (Wildman–Crippen LogP) is 6.00. The second-order valence-electron chi connectivity index (χ2n) is 8.65. The molecule has 1 saturated carbocycles. The summed E-state index contributed by atoms with van der Waals surface area (Å²) in [6.07, 6.45) is 4.23. The number of anilines is 1. The lowest BCUT2D eigenvalue weighted by Crippen LogP contribution is -2.23. The van der Waals surface area contributed by atoms with Gasteiger partial charge in [-0.15, -0.1) is 10.2 Å². The lowest BCUT2D eigenvalue weighted by Gasteiger charge is -2.16. The zero-order valence-corrected chi connectivity index (χ0v) is 19.3. The van der Waals surface area contributed by atoms with E-state index in [0.29, 0.717) is 12.0 Å². The summed E-state index contributed by atoms with van der Waals surface area (Å²) in [7, 11) is 0. The third-order valence-corrected chi connectivity index (χ3v) is 6.96. The van der Waals surface area contributed by atoms with Gasteiger partial charge in [0.2, 0.25) is 5.91 Å². The quantitative estimate of drug-likeness (QED) is 0.342. The maximum atomic E-state index is 13.0. The van der Waals surface area contributed by atoms with Gasteiger partial charge in [-0.3, -0.25) is 9.36 Å². The smallest absolute Gasteiger partial charge is 0.237 e. The van der Waals surface area contributed by atoms with E-state index < -0.39 is 0 Å². The van der Waals surface area contributed by atoms with Gasteiger partial charge in [0.25, 0.3) is 0 Å². The fourth-order valence-electron chi connectivity index (χ4n) is 4.02. The molecule has 1 aliphatic carbocycles. The van der Waals surface area contributed by atoms with Crippen LogP contribution in [0, 0.1) is 0 Å². The van der Waals surface area contributed by atoms with Crippen LogP contribution in [0.1, 0.15) is 51.1 Å². The number of thioether (sulfide) groups is 1. The molecule has 1 amide bonds. The number of benzene rings is 2. The van der Waals surface area contributed by atoms with Gasteiger partial charge in [-0.25, -0.2) is 0 Å². The summed E-state index contributed by atoms with van der Waals surface area (Å²) >= 11 is 1.47. The molecule has 164 valence electrons. The molecule has 0 saturated heterocycles. The number of nitrogens with one attached hydrogen (secondary N) is 2. The van der Waals surface area contributed by atoms with Crippen molar-refractivity contribution in [2.75, 3.05) is 5.32 Å². The molecular weight excluding hydrogens is 418 g/mol. The van der Waals surface area contributed by atoms with Crippen LogP contribution in [0.5, 0.6) is 0 Å². The summed E-state index contributed by atoms with van der Waals surface area (Å²) in [5, 5.41) is 13.8. The van der Waals surface area contributed by atoms with Crippen molar-refractivity contribution in [3.8, 4) is 11.4 Å². The second kappa shape index (κ2) is 8.47. The molecule has 0 spiro atoms. The van der Waals surface area contributed by atoms with E-state index in [2.05, 4.69) is 57.1 Å². The van der Waals surface area contributed by atoms with E-state index in [-0.39, 0.29) is 11.2 Å². The number of carbonyl (C=O) groups is 1. The summed E-state index contributed by atoms with van der Waals surface area (Å²) in [6, 6.07) is 16.6. The average molecular weight is 446 g/mol. The summed E-state index contributed by atoms with van der Waals surface area (Å²) in [5.74, 6) is 1.18. The Bertz CT molecular complexity index is 1270. The fraction of sp³-hybridized carbons (Fsp3) is 0.320. The summed E-state index contributed by atoms with van der Waals surface area (Å²) in [4.78, 5) is 16.3. The monoisotopic (exact) mass is 445 g/mol. The molecule has 2 N–H and O–H groups in total. The van der Waals surface area contributed by atoms with Crippen molar-refractivity contribution in [2.24, 2.45) is 0 Å². The summed E-state index contributed by atoms with van der Waals surface area (Å²) in [6.45, 7) is 6.19. The summed E-state index contributed by atoms with van der Waals surface area (Å²) < 4.78 is 2.21. The van der Waals surface area contributed by atoms with Crippen LogP contribution in [0.4, 0.5) is 5.69 Å². The molecular formula is C25H27N5OS. The van der Waals surface area contributed by atoms with Crippen molar-refractivity contribution in [2.45, 2.75) is 56.0 Å². The van der Waals surface area contributed by atoms with E-state index in [9.17, 15) is 4.79 Å². The molecule has 6 nitrogen and oxygen atoms in total. The molecule has 0 aliphatic heterocycles. The molecule has 32 heavy (non-hydrogen) atoms. The highest BCUT2D eigenvalue weighted by atomic mass is 32.2. The maximum absolute atomic E-state index is 13.0. The van der Waals surface area contributed by atoms with Crippen molar-refractivity contribution in [1.82, 2.24) is 19.7 Å². The van der Waals surface area contributed by atoms with Gasteiger partial charge in [-0.2, -0.15) is 0 Å². The molecule has 1 fully saturated rings. The number of hydrogen-bond acceptors (Lipinski definition) is 4. The number of fused-ring (bicyclic) bond motifs is 1. The number of para-hydroxylation sites is 2. The molecule has 2 aromatic heterocycles. The Morgan fingerprint density at radius 2 is 1.84 bits per heavy atom. The number of carbonyl (C=O) groups excluding carboxylic acids is 1. The van der Waals surface area contributed by atoms with E-state index in [1.807, 2.05) is 43.5 Å². The topological polar surface area (TPSA) is 75.6 Å². The number of aromatic amines is 1. The number of amides is 1. The first-order valence-corrected chi connectivity index (χ1v) is 12.0. The predicted molar refractivity (Wildman–Crippen MR) is 130 cm³/mol. The Labute approximate surface area is 191 Å². The molecule has 2 aromatic carbocycles. The fourth-order valence-corrected chi connectivity index (χ4v) is 4.94.